The van der Waals surface area contributed by atoms with Crippen LogP contribution in [0.4, 0.5) is 0 Å². The van der Waals surface area contributed by atoms with Gasteiger partial charge in [-0.3, -0.25) is 0 Å². The minimum absolute atomic E-state index is 0.234. The maximum Gasteiger partial charge on any atom is 0.334 e. The van der Waals surface area contributed by atoms with Crippen LogP contribution in [0.2, 0.25) is 0 Å². The summed E-state index contributed by atoms with van der Waals surface area (Å²) in [6.45, 7) is 2.22. The molecule has 0 bridgehead atoms. The van der Waals surface area contributed by atoms with Gasteiger partial charge < -0.3 is 4.74 Å². The summed E-state index contributed by atoms with van der Waals surface area (Å²) in [4.78, 5) is 12.0. The van der Waals surface area contributed by atoms with E-state index >= 15 is 0 Å². The number of hydrogen-bond donors (Lipinski definition) is 0. The zero-order valence-electron chi connectivity index (χ0n) is 12.6. The van der Waals surface area contributed by atoms with Gasteiger partial charge in [-0.1, -0.05) is 54.6 Å². The highest BCUT2D eigenvalue weighted by Crippen LogP contribution is 2.33. The molecule has 0 spiro atoms. The number of hydrogen-bond acceptors (Lipinski definition) is 2. The number of carbonyl (C=O) groups is 1. The third kappa shape index (κ3) is 3.01. The fourth-order valence-corrected chi connectivity index (χ4v) is 2.63. The van der Waals surface area contributed by atoms with Crippen LogP contribution >= 0.6 is 0 Å². The molecule has 0 N–H and O–H groups in total. The van der Waals surface area contributed by atoms with Crippen LogP contribution in [0.3, 0.4) is 0 Å². The Morgan fingerprint density at radius 3 is 2.36 bits per heavy atom. The summed E-state index contributed by atoms with van der Waals surface area (Å²) in [5.74, 6) is -0.234. The molecule has 0 heterocycles. The van der Waals surface area contributed by atoms with Crippen molar-refractivity contribution in [2.45, 2.75) is 13.3 Å². The smallest absolute Gasteiger partial charge is 0.334 e. The van der Waals surface area contributed by atoms with Gasteiger partial charge in [-0.05, 0) is 41.3 Å². The van der Waals surface area contributed by atoms with Crippen molar-refractivity contribution < 1.29 is 9.53 Å². The van der Waals surface area contributed by atoms with Crippen LogP contribution in [-0.2, 0) is 9.53 Å². The Hall–Kier alpha value is -2.61. The first-order valence-corrected chi connectivity index (χ1v) is 7.50. The molecule has 0 fully saturated rings. The highest BCUT2D eigenvalue weighted by Gasteiger charge is 2.16. The third-order valence-electron chi connectivity index (χ3n) is 3.72. The van der Waals surface area contributed by atoms with Crippen LogP contribution in [0.25, 0.3) is 16.7 Å². The van der Waals surface area contributed by atoms with E-state index in [0.717, 1.165) is 11.1 Å². The first-order chi connectivity index (χ1) is 10.8. The van der Waals surface area contributed by atoms with Gasteiger partial charge in [0.25, 0.3) is 0 Å². The van der Waals surface area contributed by atoms with Gasteiger partial charge in [-0.15, -0.1) is 0 Å². The average molecular weight is 290 g/mol. The third-order valence-corrected chi connectivity index (χ3v) is 3.72. The molecular formula is C20H18O2. The molecule has 0 aromatic heterocycles. The zero-order valence-corrected chi connectivity index (χ0v) is 12.6. The lowest BCUT2D eigenvalue weighted by Gasteiger charge is -2.08. The van der Waals surface area contributed by atoms with E-state index in [1.807, 2.05) is 43.4 Å². The SMILES string of the molecule is CCOC(=O)C1=CC=CC=C(c2cc3cccccc-3c2)C1. The molecular weight excluding hydrogens is 272 g/mol. The zero-order chi connectivity index (χ0) is 15.4. The molecule has 0 aromatic carbocycles. The van der Waals surface area contributed by atoms with Gasteiger partial charge >= 0.3 is 5.97 Å². The standard InChI is InChI=1S/C20H18O2/c1-2-22-20(21)18-11-7-6-10-17(12-18)19-13-15-8-4-3-5-9-16(15)14-19/h3-11,13-14H,2,12H2,1H3. The molecule has 0 amide bonds. The highest BCUT2D eigenvalue weighted by molar-refractivity contribution is 5.93. The van der Waals surface area contributed by atoms with Gasteiger partial charge in [0.05, 0.1) is 6.61 Å². The Bertz CT molecular complexity index is 719. The number of allylic oxidation sites excluding steroid dienone is 5. The lowest BCUT2D eigenvalue weighted by atomic mass is 10.0. The monoisotopic (exact) mass is 290 g/mol. The predicted molar refractivity (Wildman–Crippen MR) is 89.5 cm³/mol. The summed E-state index contributed by atoms with van der Waals surface area (Å²) < 4.78 is 5.12. The molecule has 0 radical (unpaired) electrons. The fraction of sp³-hybridized carbons (Fsp3) is 0.150. The highest BCUT2D eigenvalue weighted by atomic mass is 16.5. The van der Waals surface area contributed by atoms with Crippen molar-refractivity contribution >= 4 is 11.5 Å². The van der Waals surface area contributed by atoms with E-state index in [0.29, 0.717) is 18.6 Å². The van der Waals surface area contributed by atoms with E-state index < -0.39 is 0 Å². The Kier molecular flexibility index (Phi) is 4.19. The maximum atomic E-state index is 12.0. The van der Waals surface area contributed by atoms with Crippen LogP contribution in [0, 0.1) is 0 Å². The maximum absolute atomic E-state index is 12.0. The number of ether oxygens (including phenoxy) is 1. The van der Waals surface area contributed by atoms with E-state index in [4.69, 9.17) is 4.74 Å². The second-order valence-corrected chi connectivity index (χ2v) is 5.23. The molecule has 0 unspecified atom stereocenters. The van der Waals surface area contributed by atoms with Gasteiger partial charge in [0.1, 0.15) is 0 Å². The Balaban J connectivity index is 1.92. The van der Waals surface area contributed by atoms with E-state index in [1.165, 1.54) is 11.1 Å². The number of fused-ring (bicyclic) bond motifs is 1. The quantitative estimate of drug-likeness (QED) is 0.771. The van der Waals surface area contributed by atoms with E-state index in [9.17, 15) is 4.79 Å². The minimum Gasteiger partial charge on any atom is -0.463 e. The molecule has 2 nitrogen and oxygen atoms in total. The Morgan fingerprint density at radius 2 is 1.68 bits per heavy atom. The lowest BCUT2D eigenvalue weighted by molar-refractivity contribution is -0.138. The van der Waals surface area contributed by atoms with Gasteiger partial charge in [0.2, 0.25) is 0 Å². The summed E-state index contributed by atoms with van der Waals surface area (Å²) in [5.41, 5.74) is 5.39. The summed E-state index contributed by atoms with van der Waals surface area (Å²) >= 11 is 0. The van der Waals surface area contributed by atoms with Crippen molar-refractivity contribution in [1.29, 1.82) is 0 Å². The van der Waals surface area contributed by atoms with Crippen molar-refractivity contribution in [3.05, 3.63) is 77.9 Å². The van der Waals surface area contributed by atoms with Crippen LogP contribution in [0.5, 0.6) is 0 Å². The second-order valence-electron chi connectivity index (χ2n) is 5.23. The Morgan fingerprint density at radius 1 is 1.00 bits per heavy atom. The molecule has 110 valence electrons. The summed E-state index contributed by atoms with van der Waals surface area (Å²) in [6, 6.07) is 14.7. The lowest BCUT2D eigenvalue weighted by Crippen LogP contribution is -2.07. The van der Waals surface area contributed by atoms with Gasteiger partial charge in [-0.25, -0.2) is 4.79 Å². The van der Waals surface area contributed by atoms with Crippen molar-refractivity contribution in [3.8, 4) is 11.1 Å². The number of rotatable bonds is 3. The predicted octanol–water partition coefficient (Wildman–Crippen LogP) is 4.62. The summed E-state index contributed by atoms with van der Waals surface area (Å²) in [6.07, 6.45) is 8.36. The van der Waals surface area contributed by atoms with Crippen molar-refractivity contribution in [2.24, 2.45) is 0 Å². The normalized spacial score (nSPS) is 14.2. The van der Waals surface area contributed by atoms with Crippen LogP contribution in [0.15, 0.2) is 72.3 Å². The second kappa shape index (κ2) is 6.44. The Labute approximate surface area is 130 Å². The molecule has 22 heavy (non-hydrogen) atoms. The number of esters is 1. The van der Waals surface area contributed by atoms with Gasteiger partial charge in [-0.2, -0.15) is 0 Å². The largest absolute Gasteiger partial charge is 0.463 e. The molecule has 0 aromatic rings. The summed E-state index contributed by atoms with van der Waals surface area (Å²) in [7, 11) is 0. The summed E-state index contributed by atoms with van der Waals surface area (Å²) in [5, 5.41) is 0. The van der Waals surface area contributed by atoms with Gasteiger partial charge in [0, 0.05) is 12.0 Å². The van der Waals surface area contributed by atoms with E-state index in [2.05, 4.69) is 30.3 Å². The van der Waals surface area contributed by atoms with Crippen molar-refractivity contribution in [3.63, 3.8) is 0 Å². The molecule has 0 aliphatic heterocycles. The van der Waals surface area contributed by atoms with E-state index in [1.54, 1.807) is 0 Å². The fourth-order valence-electron chi connectivity index (χ4n) is 2.63. The average Bonchev–Trinajstić information content (AvgIpc) is 2.71. The van der Waals surface area contributed by atoms with Crippen molar-refractivity contribution in [1.82, 2.24) is 0 Å². The molecule has 0 atom stereocenters. The molecule has 3 rings (SSSR count). The first-order valence-electron chi connectivity index (χ1n) is 7.50. The van der Waals surface area contributed by atoms with Crippen LogP contribution in [-0.4, -0.2) is 12.6 Å². The van der Waals surface area contributed by atoms with Crippen molar-refractivity contribution in [2.75, 3.05) is 6.61 Å². The van der Waals surface area contributed by atoms with E-state index in [-0.39, 0.29) is 5.97 Å². The molecule has 0 saturated carbocycles. The van der Waals surface area contributed by atoms with Crippen LogP contribution in [0.1, 0.15) is 18.9 Å². The first kappa shape index (κ1) is 14.3. The minimum atomic E-state index is -0.234. The topological polar surface area (TPSA) is 26.3 Å². The number of carbonyl (C=O) groups excluding carboxylic acids is 1. The molecule has 3 aliphatic carbocycles. The molecule has 3 aliphatic rings. The van der Waals surface area contributed by atoms with Gasteiger partial charge in [0.15, 0.2) is 0 Å². The molecule has 2 heteroatoms. The van der Waals surface area contributed by atoms with Crippen LogP contribution < -0.4 is 0 Å². The molecule has 0 saturated heterocycles.